The van der Waals surface area contributed by atoms with Crippen molar-refractivity contribution in [2.24, 2.45) is 0 Å². The largest absolute Gasteiger partial charge is 0.378 e. The molecule has 1 aliphatic heterocycles. The molecule has 134 valence electrons. The van der Waals surface area contributed by atoms with Crippen LogP contribution in [-0.4, -0.2) is 64.8 Å². The van der Waals surface area contributed by atoms with Crippen molar-refractivity contribution in [3.8, 4) is 0 Å². The van der Waals surface area contributed by atoms with Crippen molar-refractivity contribution in [1.82, 2.24) is 25.1 Å². The van der Waals surface area contributed by atoms with E-state index in [-0.39, 0.29) is 5.91 Å². The maximum absolute atomic E-state index is 11.5. The fraction of sp³-hybridized carbons (Fsp3) is 0.500. The van der Waals surface area contributed by atoms with E-state index in [0.29, 0.717) is 31.5 Å². The summed E-state index contributed by atoms with van der Waals surface area (Å²) in [6.07, 6.45) is 6.98. The lowest BCUT2D eigenvalue weighted by atomic mass is 10.3. The fourth-order valence-corrected chi connectivity index (χ4v) is 3.04. The minimum atomic E-state index is -0.104. The smallest absolute Gasteiger partial charge is 0.243 e. The maximum atomic E-state index is 11.5. The van der Waals surface area contributed by atoms with Crippen LogP contribution in [0.1, 0.15) is 6.92 Å². The summed E-state index contributed by atoms with van der Waals surface area (Å²) in [6.45, 7) is 5.88. The molecule has 0 aromatic carbocycles. The molecule has 1 aliphatic rings. The van der Waals surface area contributed by atoms with Crippen LogP contribution in [0.5, 0.6) is 0 Å². The molecule has 1 N–H and O–H groups in total. The van der Waals surface area contributed by atoms with Crippen LogP contribution >= 0.6 is 11.8 Å². The first-order chi connectivity index (χ1) is 12.2. The number of anilines is 1. The number of hydrogen-bond acceptors (Lipinski definition) is 7. The van der Waals surface area contributed by atoms with Crippen molar-refractivity contribution in [3.05, 3.63) is 18.3 Å². The summed E-state index contributed by atoms with van der Waals surface area (Å²) in [5.41, 5.74) is 0.793. The number of carbonyl (C=O) groups excluding carboxylic acids is 1. The van der Waals surface area contributed by atoms with Crippen LogP contribution in [0.2, 0.25) is 0 Å². The lowest BCUT2D eigenvalue weighted by Crippen LogP contribution is -2.37. The first kappa shape index (κ1) is 17.7. The van der Waals surface area contributed by atoms with Crippen LogP contribution in [0, 0.1) is 0 Å². The number of nitrogens with zero attached hydrogens (tertiary/aromatic N) is 5. The van der Waals surface area contributed by atoms with Gasteiger partial charge in [0.2, 0.25) is 5.91 Å². The number of ether oxygens (including phenoxy) is 1. The van der Waals surface area contributed by atoms with E-state index in [1.807, 2.05) is 17.9 Å². The Hall–Kier alpha value is -2.13. The van der Waals surface area contributed by atoms with E-state index in [4.69, 9.17) is 4.74 Å². The second kappa shape index (κ2) is 8.30. The van der Waals surface area contributed by atoms with Gasteiger partial charge in [0.15, 0.2) is 10.8 Å². The normalized spacial score (nSPS) is 15.2. The average molecular weight is 362 g/mol. The Kier molecular flexibility index (Phi) is 5.87. The van der Waals surface area contributed by atoms with Gasteiger partial charge >= 0.3 is 0 Å². The van der Waals surface area contributed by atoms with Gasteiger partial charge in [0.1, 0.15) is 5.82 Å². The number of fused-ring (bicyclic) bond motifs is 1. The monoisotopic (exact) mass is 362 g/mol. The number of allylic oxidation sites excluding steroid dienone is 1. The predicted octanol–water partition coefficient (Wildman–Crippen LogP) is 1.08. The van der Waals surface area contributed by atoms with Crippen LogP contribution in [0.4, 0.5) is 5.82 Å². The molecule has 0 radical (unpaired) electrons. The van der Waals surface area contributed by atoms with Crippen molar-refractivity contribution in [3.63, 3.8) is 0 Å². The minimum absolute atomic E-state index is 0.104. The van der Waals surface area contributed by atoms with E-state index in [1.165, 1.54) is 17.8 Å². The molecule has 8 nitrogen and oxygen atoms in total. The molecule has 0 unspecified atom stereocenters. The number of morpholine rings is 1. The van der Waals surface area contributed by atoms with Gasteiger partial charge in [-0.05, 0) is 19.3 Å². The third-order valence-corrected chi connectivity index (χ3v) is 4.44. The summed E-state index contributed by atoms with van der Waals surface area (Å²) in [5.74, 6) is 0.800. The number of carbonyl (C=O) groups is 1. The molecule has 2 aromatic rings. The van der Waals surface area contributed by atoms with Gasteiger partial charge in [0, 0.05) is 19.6 Å². The molecule has 0 saturated carbocycles. The Morgan fingerprint density at radius 3 is 2.92 bits per heavy atom. The second-order valence-electron chi connectivity index (χ2n) is 5.53. The zero-order valence-electron chi connectivity index (χ0n) is 14.4. The third kappa shape index (κ3) is 4.10. The molecule has 0 aliphatic carbocycles. The van der Waals surface area contributed by atoms with Gasteiger partial charge in [0.25, 0.3) is 0 Å². The van der Waals surface area contributed by atoms with Gasteiger partial charge in [-0.3, -0.25) is 4.79 Å². The molecular weight excluding hydrogens is 340 g/mol. The first-order valence-electron chi connectivity index (χ1n) is 8.23. The van der Waals surface area contributed by atoms with Gasteiger partial charge in [-0.1, -0.05) is 17.8 Å². The zero-order chi connectivity index (χ0) is 17.6. The van der Waals surface area contributed by atoms with Gasteiger partial charge in [-0.25, -0.2) is 14.6 Å². The van der Waals surface area contributed by atoms with Crippen LogP contribution in [0.15, 0.2) is 23.5 Å². The molecule has 9 heteroatoms. The van der Waals surface area contributed by atoms with Crippen LogP contribution in [0.25, 0.3) is 11.0 Å². The number of thioether (sulfide) groups is 1. The predicted molar refractivity (Wildman–Crippen MR) is 98.0 cm³/mol. The Morgan fingerprint density at radius 2 is 2.20 bits per heavy atom. The Bertz CT molecular complexity index is 769. The molecule has 0 bridgehead atoms. The summed E-state index contributed by atoms with van der Waals surface area (Å²) in [6, 6.07) is 0. The molecule has 1 saturated heterocycles. The summed E-state index contributed by atoms with van der Waals surface area (Å²) in [7, 11) is 0. The maximum Gasteiger partial charge on any atom is 0.243 e. The molecule has 0 spiro atoms. The Labute approximate surface area is 150 Å². The minimum Gasteiger partial charge on any atom is -0.378 e. The highest BCUT2D eigenvalue weighted by Crippen LogP contribution is 2.26. The topological polar surface area (TPSA) is 85.2 Å². The summed E-state index contributed by atoms with van der Waals surface area (Å²) < 4.78 is 7.25. The number of nitrogens with one attached hydrogen (secondary N) is 1. The summed E-state index contributed by atoms with van der Waals surface area (Å²) >= 11 is 1.51. The van der Waals surface area contributed by atoms with Gasteiger partial charge < -0.3 is 15.0 Å². The van der Waals surface area contributed by atoms with E-state index in [2.05, 4.69) is 25.3 Å². The van der Waals surface area contributed by atoms with Gasteiger partial charge in [-0.15, -0.1) is 0 Å². The quantitative estimate of drug-likeness (QED) is 0.467. The fourth-order valence-electron chi connectivity index (χ4n) is 2.69. The van der Waals surface area contributed by atoms with Gasteiger partial charge in [0.05, 0.1) is 31.3 Å². The third-order valence-electron chi connectivity index (χ3n) is 3.89. The molecule has 25 heavy (non-hydrogen) atoms. The Balaban J connectivity index is 1.84. The first-order valence-corrected chi connectivity index (χ1v) is 9.46. The lowest BCUT2D eigenvalue weighted by molar-refractivity contribution is -0.116. The van der Waals surface area contributed by atoms with Crippen LogP contribution in [0.3, 0.4) is 0 Å². The van der Waals surface area contributed by atoms with Crippen molar-refractivity contribution >= 4 is 34.5 Å². The van der Waals surface area contributed by atoms with E-state index < -0.39 is 0 Å². The number of aromatic nitrogens is 4. The van der Waals surface area contributed by atoms with E-state index in [1.54, 1.807) is 12.3 Å². The van der Waals surface area contributed by atoms with Crippen molar-refractivity contribution < 1.29 is 9.53 Å². The Morgan fingerprint density at radius 1 is 1.40 bits per heavy atom. The highest BCUT2D eigenvalue weighted by molar-refractivity contribution is 7.98. The average Bonchev–Trinajstić information content (AvgIpc) is 3.05. The summed E-state index contributed by atoms with van der Waals surface area (Å²) in [5, 5.41) is 8.92. The standard InChI is InChI=1S/C16H22N6O2S/c1-3-4-13(23)17-5-6-22-15-12(11-18-22)14(19-16(20-15)25-2)21-7-9-24-10-8-21/h3-4,11H,5-10H2,1-2H3,(H,17,23)/b4-3-. The SMILES string of the molecule is C/C=C\C(=O)NCCn1ncc2c(N3CCOCC3)nc(SC)nc21. The molecule has 3 rings (SSSR count). The molecule has 0 atom stereocenters. The zero-order valence-corrected chi connectivity index (χ0v) is 15.3. The van der Waals surface area contributed by atoms with Gasteiger partial charge in [-0.2, -0.15) is 5.10 Å². The van der Waals surface area contributed by atoms with Crippen molar-refractivity contribution in [2.45, 2.75) is 18.6 Å². The molecule has 1 fully saturated rings. The van der Waals surface area contributed by atoms with Crippen LogP contribution in [-0.2, 0) is 16.1 Å². The van der Waals surface area contributed by atoms with Crippen LogP contribution < -0.4 is 10.2 Å². The highest BCUT2D eigenvalue weighted by Gasteiger charge is 2.19. The number of rotatable bonds is 6. The molecule has 1 amide bonds. The molecule has 2 aromatic heterocycles. The second-order valence-corrected chi connectivity index (χ2v) is 6.30. The highest BCUT2D eigenvalue weighted by atomic mass is 32.2. The van der Waals surface area contributed by atoms with Crippen molar-refractivity contribution in [2.75, 3.05) is 44.0 Å². The van der Waals surface area contributed by atoms with E-state index in [9.17, 15) is 4.79 Å². The van der Waals surface area contributed by atoms with Crippen molar-refractivity contribution in [1.29, 1.82) is 0 Å². The summed E-state index contributed by atoms with van der Waals surface area (Å²) in [4.78, 5) is 23.0. The molecule has 3 heterocycles. The molecular formula is C16H22N6O2S. The lowest BCUT2D eigenvalue weighted by Gasteiger charge is -2.28. The number of hydrogen-bond donors (Lipinski definition) is 1. The van der Waals surface area contributed by atoms with E-state index in [0.717, 1.165) is 29.9 Å². The van der Waals surface area contributed by atoms with E-state index >= 15 is 0 Å². The number of amides is 1.